The third kappa shape index (κ3) is 5.28. The molecule has 2 amide bonds. The first-order valence-corrected chi connectivity index (χ1v) is 10.9. The molecule has 32 heavy (non-hydrogen) atoms. The van der Waals surface area contributed by atoms with E-state index in [1.165, 1.54) is 26.2 Å². The van der Waals surface area contributed by atoms with Crippen molar-refractivity contribution in [3.63, 3.8) is 0 Å². The SMILES string of the molecule is COc1cc2c(cc1O)CCN(C(=O)C(F)(F)F)C2CCc1ccc(NC(C)=O)c(I)c1. The third-order valence-corrected chi connectivity index (χ3v) is 6.24. The Kier molecular flexibility index (Phi) is 7.21. The van der Waals surface area contributed by atoms with Crippen LogP contribution in [0.15, 0.2) is 30.3 Å². The van der Waals surface area contributed by atoms with Crippen LogP contribution >= 0.6 is 22.6 Å². The first-order chi connectivity index (χ1) is 15.0. The standard InChI is InChI=1S/C22H22F3IN2O4/c1-12(29)27-17-5-3-13(9-16(17)26)4-6-18-15-11-20(32-2)19(30)10-14(15)7-8-28(18)21(31)22(23,24)25/h3,5,9-11,18,30H,4,6-8H2,1-2H3,(H,27,29). The van der Waals surface area contributed by atoms with E-state index in [-0.39, 0.29) is 36.8 Å². The van der Waals surface area contributed by atoms with E-state index in [2.05, 4.69) is 27.9 Å². The number of fused-ring (bicyclic) bond motifs is 1. The average Bonchev–Trinajstić information content (AvgIpc) is 2.71. The minimum absolute atomic E-state index is 0.0938. The van der Waals surface area contributed by atoms with Crippen LogP contribution in [-0.2, 0) is 22.4 Å². The lowest BCUT2D eigenvalue weighted by molar-refractivity contribution is -0.188. The summed E-state index contributed by atoms with van der Waals surface area (Å²) < 4.78 is 45.7. The zero-order chi connectivity index (χ0) is 23.6. The van der Waals surface area contributed by atoms with Crippen molar-refractivity contribution >= 4 is 40.1 Å². The maximum absolute atomic E-state index is 13.3. The summed E-state index contributed by atoms with van der Waals surface area (Å²) >= 11 is 2.08. The van der Waals surface area contributed by atoms with Gasteiger partial charge in [0.15, 0.2) is 11.5 Å². The zero-order valence-electron chi connectivity index (χ0n) is 17.4. The minimum atomic E-state index is -4.98. The molecule has 0 saturated carbocycles. The number of benzene rings is 2. The number of hydrogen-bond acceptors (Lipinski definition) is 4. The number of aryl methyl sites for hydroxylation is 1. The Labute approximate surface area is 196 Å². The third-order valence-electron chi connectivity index (χ3n) is 5.35. The lowest BCUT2D eigenvalue weighted by atomic mass is 9.88. The van der Waals surface area contributed by atoms with Gasteiger partial charge < -0.3 is 20.1 Å². The molecule has 1 aliphatic heterocycles. The number of alkyl halides is 3. The largest absolute Gasteiger partial charge is 0.504 e. The highest BCUT2D eigenvalue weighted by atomic mass is 127. The van der Waals surface area contributed by atoms with Crippen molar-refractivity contribution in [2.24, 2.45) is 0 Å². The highest BCUT2D eigenvalue weighted by Gasteiger charge is 2.46. The van der Waals surface area contributed by atoms with Gasteiger partial charge in [-0.25, -0.2) is 0 Å². The van der Waals surface area contributed by atoms with Crippen molar-refractivity contribution in [3.05, 3.63) is 50.6 Å². The molecule has 1 unspecified atom stereocenters. The number of methoxy groups -OCH3 is 1. The molecule has 1 atom stereocenters. The summed E-state index contributed by atoms with van der Waals surface area (Å²) in [7, 11) is 1.36. The normalized spacial score (nSPS) is 15.8. The molecule has 1 heterocycles. The highest BCUT2D eigenvalue weighted by molar-refractivity contribution is 14.1. The average molecular weight is 562 g/mol. The second-order valence-corrected chi connectivity index (χ2v) is 8.68. The number of nitrogens with one attached hydrogen (secondary N) is 1. The molecule has 2 N–H and O–H groups in total. The Balaban J connectivity index is 1.92. The van der Waals surface area contributed by atoms with Crippen LogP contribution in [0.5, 0.6) is 11.5 Å². The van der Waals surface area contributed by atoms with Crippen LogP contribution in [-0.4, -0.2) is 41.7 Å². The topological polar surface area (TPSA) is 78.9 Å². The molecule has 0 radical (unpaired) electrons. The number of halogens is 4. The summed E-state index contributed by atoms with van der Waals surface area (Å²) in [6.07, 6.45) is -4.12. The molecule has 3 rings (SSSR count). The summed E-state index contributed by atoms with van der Waals surface area (Å²) in [5.41, 5.74) is 2.74. The lowest BCUT2D eigenvalue weighted by Gasteiger charge is -2.38. The van der Waals surface area contributed by atoms with Gasteiger partial charge in [-0.3, -0.25) is 9.59 Å². The van der Waals surface area contributed by atoms with Gasteiger partial charge in [0, 0.05) is 17.0 Å². The Morgan fingerprint density at radius 2 is 2.00 bits per heavy atom. The molecule has 0 bridgehead atoms. The van der Waals surface area contributed by atoms with Crippen LogP contribution in [0, 0.1) is 3.57 Å². The smallest absolute Gasteiger partial charge is 0.471 e. The van der Waals surface area contributed by atoms with Crippen molar-refractivity contribution in [3.8, 4) is 11.5 Å². The molecule has 2 aromatic rings. The van der Waals surface area contributed by atoms with Gasteiger partial charge in [0.05, 0.1) is 18.8 Å². The molecule has 6 nitrogen and oxygen atoms in total. The van der Waals surface area contributed by atoms with Gasteiger partial charge in [0.25, 0.3) is 0 Å². The number of ether oxygens (including phenoxy) is 1. The van der Waals surface area contributed by atoms with E-state index in [0.29, 0.717) is 23.2 Å². The molecule has 2 aromatic carbocycles. The van der Waals surface area contributed by atoms with E-state index in [4.69, 9.17) is 4.74 Å². The number of carbonyl (C=O) groups excluding carboxylic acids is 2. The van der Waals surface area contributed by atoms with Gasteiger partial charge in [-0.05, 0) is 82.8 Å². The van der Waals surface area contributed by atoms with Crippen LogP contribution in [0.4, 0.5) is 18.9 Å². The molecular weight excluding hydrogens is 540 g/mol. The Hall–Kier alpha value is -2.50. The van der Waals surface area contributed by atoms with E-state index in [9.17, 15) is 27.9 Å². The monoisotopic (exact) mass is 562 g/mol. The van der Waals surface area contributed by atoms with Gasteiger partial charge in [0.2, 0.25) is 5.91 Å². The molecule has 0 aromatic heterocycles. The Bertz CT molecular complexity index is 1040. The Morgan fingerprint density at radius 3 is 2.59 bits per heavy atom. The molecule has 1 aliphatic rings. The van der Waals surface area contributed by atoms with E-state index in [1.54, 1.807) is 12.1 Å². The maximum Gasteiger partial charge on any atom is 0.471 e. The molecule has 0 aliphatic carbocycles. The van der Waals surface area contributed by atoms with E-state index in [0.717, 1.165) is 14.0 Å². The van der Waals surface area contributed by atoms with Crippen molar-refractivity contribution in [2.45, 2.75) is 38.4 Å². The molecular formula is C22H22F3IN2O4. The highest BCUT2D eigenvalue weighted by Crippen LogP contribution is 2.41. The predicted octanol–water partition coefficient (Wildman–Crippen LogP) is 4.58. The summed E-state index contributed by atoms with van der Waals surface area (Å²) in [5, 5.41) is 12.8. The fourth-order valence-electron chi connectivity index (χ4n) is 3.91. The van der Waals surface area contributed by atoms with Crippen LogP contribution in [0.1, 0.15) is 36.1 Å². The fraction of sp³-hybridized carbons (Fsp3) is 0.364. The number of aromatic hydroxyl groups is 1. The second-order valence-electron chi connectivity index (χ2n) is 7.52. The number of phenolic OH excluding ortho intramolecular Hbond substituents is 1. The van der Waals surface area contributed by atoms with E-state index >= 15 is 0 Å². The molecule has 0 spiro atoms. The molecule has 0 fully saturated rings. The molecule has 10 heteroatoms. The van der Waals surface area contributed by atoms with E-state index in [1.807, 2.05) is 6.07 Å². The van der Waals surface area contributed by atoms with Crippen molar-refractivity contribution in [2.75, 3.05) is 19.0 Å². The number of nitrogens with zero attached hydrogens (tertiary/aromatic N) is 1. The maximum atomic E-state index is 13.3. The van der Waals surface area contributed by atoms with Crippen LogP contribution in [0.25, 0.3) is 0 Å². The summed E-state index contributed by atoms with van der Waals surface area (Å²) in [6, 6.07) is 7.56. The van der Waals surface area contributed by atoms with Crippen molar-refractivity contribution in [1.82, 2.24) is 4.90 Å². The van der Waals surface area contributed by atoms with Crippen LogP contribution in [0.2, 0.25) is 0 Å². The quantitative estimate of drug-likeness (QED) is 0.523. The van der Waals surface area contributed by atoms with Crippen molar-refractivity contribution in [1.29, 1.82) is 0 Å². The van der Waals surface area contributed by atoms with E-state index < -0.39 is 18.1 Å². The summed E-state index contributed by atoms with van der Waals surface area (Å²) in [5.74, 6) is -2.03. The Morgan fingerprint density at radius 1 is 1.28 bits per heavy atom. The molecule has 172 valence electrons. The second kappa shape index (κ2) is 9.55. The van der Waals surface area contributed by atoms with Gasteiger partial charge in [0.1, 0.15) is 0 Å². The summed E-state index contributed by atoms with van der Waals surface area (Å²) in [4.78, 5) is 24.3. The zero-order valence-corrected chi connectivity index (χ0v) is 19.6. The van der Waals surface area contributed by atoms with Crippen LogP contribution in [0.3, 0.4) is 0 Å². The fourth-order valence-corrected chi connectivity index (χ4v) is 4.62. The lowest BCUT2D eigenvalue weighted by Crippen LogP contribution is -2.46. The number of phenols is 1. The molecule has 0 saturated heterocycles. The number of carbonyl (C=O) groups is 2. The van der Waals surface area contributed by atoms with Crippen molar-refractivity contribution < 1.29 is 32.6 Å². The van der Waals surface area contributed by atoms with Gasteiger partial charge in [-0.2, -0.15) is 13.2 Å². The number of hydrogen-bond donors (Lipinski definition) is 2. The van der Waals surface area contributed by atoms with Gasteiger partial charge in [-0.1, -0.05) is 6.07 Å². The number of rotatable bonds is 5. The predicted molar refractivity (Wildman–Crippen MR) is 121 cm³/mol. The van der Waals surface area contributed by atoms with Gasteiger partial charge >= 0.3 is 12.1 Å². The summed E-state index contributed by atoms with van der Waals surface area (Å²) in [6.45, 7) is 1.31. The first kappa shape index (κ1) is 24.1. The van der Waals surface area contributed by atoms with Crippen LogP contribution < -0.4 is 10.1 Å². The number of anilines is 1. The van der Waals surface area contributed by atoms with Gasteiger partial charge in [-0.15, -0.1) is 0 Å². The first-order valence-electron chi connectivity index (χ1n) is 9.84. The number of amides is 2. The minimum Gasteiger partial charge on any atom is -0.504 e.